The van der Waals surface area contributed by atoms with Crippen LogP contribution in [0.1, 0.15) is 0 Å². The van der Waals surface area contributed by atoms with E-state index in [4.69, 9.17) is 4.42 Å². The topological polar surface area (TPSA) is 16.4 Å². The number of nitrogens with zero attached hydrogens (tertiary/aromatic N) is 1. The fraction of sp³-hybridized carbons (Fsp3) is 0. The molecule has 0 unspecified atom stereocenters. The van der Waals surface area contributed by atoms with Crippen LogP contribution in [0.4, 0.5) is 17.1 Å². The number of hydrogen-bond acceptors (Lipinski definition) is 3. The van der Waals surface area contributed by atoms with Crippen molar-refractivity contribution in [3.63, 3.8) is 0 Å². The SMILES string of the molecule is c1ccc(-c2cccc(N(c3ccc(-c4ccc5c(ccc6c7ccccc7oc56)c4)cc3)c3ccc(-c4cccc5c4sc4ccccc45)cc3)c2)cc1. The number of para-hydroxylation sites is 1. The number of fused-ring (bicyclic) bond motifs is 8. The minimum absolute atomic E-state index is 0.923. The zero-order valence-electron chi connectivity index (χ0n) is 29.8. The van der Waals surface area contributed by atoms with Gasteiger partial charge in [0.1, 0.15) is 11.2 Å². The average molecular weight is 720 g/mol. The highest BCUT2D eigenvalue weighted by molar-refractivity contribution is 7.26. The number of hydrogen-bond donors (Lipinski definition) is 0. The second-order valence-corrected chi connectivity index (χ2v) is 15.2. The summed E-state index contributed by atoms with van der Waals surface area (Å²) in [7, 11) is 0. The first kappa shape index (κ1) is 31.6. The van der Waals surface area contributed by atoms with Crippen molar-refractivity contribution in [3.05, 3.63) is 200 Å². The van der Waals surface area contributed by atoms with E-state index < -0.39 is 0 Å². The van der Waals surface area contributed by atoms with Crippen LogP contribution in [0.15, 0.2) is 205 Å². The van der Waals surface area contributed by atoms with Gasteiger partial charge in [-0.05, 0) is 105 Å². The maximum absolute atomic E-state index is 6.33. The van der Waals surface area contributed by atoms with Crippen LogP contribution in [-0.2, 0) is 0 Å². The molecule has 2 heterocycles. The Bertz CT molecular complexity index is 3190. The van der Waals surface area contributed by atoms with Gasteiger partial charge in [-0.1, -0.05) is 133 Å². The molecule has 0 bridgehead atoms. The van der Waals surface area contributed by atoms with Crippen LogP contribution >= 0.6 is 11.3 Å². The normalized spacial score (nSPS) is 11.6. The molecular weight excluding hydrogens is 687 g/mol. The minimum atomic E-state index is 0.923. The zero-order chi connectivity index (χ0) is 36.3. The van der Waals surface area contributed by atoms with Gasteiger partial charge in [0, 0.05) is 53.4 Å². The lowest BCUT2D eigenvalue weighted by molar-refractivity contribution is 0.672. The van der Waals surface area contributed by atoms with Gasteiger partial charge in [0.15, 0.2) is 0 Å². The summed E-state index contributed by atoms with van der Waals surface area (Å²) in [5, 5.41) is 7.24. The fourth-order valence-electron chi connectivity index (χ4n) is 8.16. The summed E-state index contributed by atoms with van der Waals surface area (Å²) in [6.45, 7) is 0. The Hall–Kier alpha value is -6.94. The third kappa shape index (κ3) is 5.40. The molecule has 258 valence electrons. The summed E-state index contributed by atoms with van der Waals surface area (Å²) in [5.41, 5.74) is 12.4. The van der Waals surface area contributed by atoms with Crippen LogP contribution < -0.4 is 4.90 Å². The van der Waals surface area contributed by atoms with E-state index in [2.05, 4.69) is 193 Å². The number of rotatable bonds is 6. The van der Waals surface area contributed by atoms with Crippen LogP contribution in [-0.4, -0.2) is 0 Å². The lowest BCUT2D eigenvalue weighted by atomic mass is 9.99. The zero-order valence-corrected chi connectivity index (χ0v) is 30.6. The molecule has 0 saturated heterocycles. The Morgan fingerprint density at radius 3 is 1.82 bits per heavy atom. The third-order valence-electron chi connectivity index (χ3n) is 10.9. The highest BCUT2D eigenvalue weighted by Crippen LogP contribution is 2.42. The molecule has 0 aliphatic heterocycles. The monoisotopic (exact) mass is 719 g/mol. The molecule has 0 spiro atoms. The maximum atomic E-state index is 6.33. The van der Waals surface area contributed by atoms with E-state index >= 15 is 0 Å². The van der Waals surface area contributed by atoms with Crippen molar-refractivity contribution in [2.24, 2.45) is 0 Å². The van der Waals surface area contributed by atoms with Crippen molar-refractivity contribution in [1.82, 2.24) is 0 Å². The van der Waals surface area contributed by atoms with E-state index in [-0.39, 0.29) is 0 Å². The number of benzene rings is 9. The summed E-state index contributed by atoms with van der Waals surface area (Å²) in [6.07, 6.45) is 0. The van der Waals surface area contributed by atoms with Gasteiger partial charge in [0.25, 0.3) is 0 Å². The van der Waals surface area contributed by atoms with Gasteiger partial charge in [-0.2, -0.15) is 0 Å². The fourth-order valence-corrected chi connectivity index (χ4v) is 9.40. The molecule has 11 rings (SSSR count). The summed E-state index contributed by atoms with van der Waals surface area (Å²) >= 11 is 1.87. The van der Waals surface area contributed by atoms with Gasteiger partial charge >= 0.3 is 0 Å². The quantitative estimate of drug-likeness (QED) is 0.170. The second-order valence-electron chi connectivity index (χ2n) is 14.1. The molecule has 0 fully saturated rings. The maximum Gasteiger partial charge on any atom is 0.143 e. The molecule has 2 nitrogen and oxygen atoms in total. The van der Waals surface area contributed by atoms with Crippen LogP contribution in [0.25, 0.3) is 86.3 Å². The minimum Gasteiger partial charge on any atom is -0.455 e. The predicted molar refractivity (Wildman–Crippen MR) is 235 cm³/mol. The highest BCUT2D eigenvalue weighted by atomic mass is 32.1. The molecule has 11 aromatic rings. The summed E-state index contributed by atoms with van der Waals surface area (Å²) in [5.74, 6) is 0. The van der Waals surface area contributed by atoms with Crippen LogP contribution in [0.3, 0.4) is 0 Å². The molecule has 55 heavy (non-hydrogen) atoms. The predicted octanol–water partition coefficient (Wildman–Crippen LogP) is 15.6. The molecule has 0 N–H and O–H groups in total. The van der Waals surface area contributed by atoms with Gasteiger partial charge in [-0.15, -0.1) is 11.3 Å². The van der Waals surface area contributed by atoms with Crippen LogP contribution in [0, 0.1) is 0 Å². The van der Waals surface area contributed by atoms with Gasteiger partial charge in [-0.25, -0.2) is 0 Å². The summed E-state index contributed by atoms with van der Waals surface area (Å²) < 4.78 is 8.98. The first-order valence-corrected chi connectivity index (χ1v) is 19.5. The molecule has 0 amide bonds. The standard InChI is InChI=1S/C52H33NOS/c1-2-10-34(11-3-1)37-12-8-13-42(33-37)53(41-28-22-36(23-29-41)44-16-9-17-48-46-15-5-7-19-50(46)55-52(44)48)40-26-20-35(21-27-40)38-24-30-43-39(32-38)25-31-47-45-14-4-6-18-49(45)54-51(43)47/h1-33H. The Balaban J connectivity index is 0.984. The molecule has 0 aliphatic carbocycles. The van der Waals surface area contributed by atoms with Crippen molar-refractivity contribution in [2.45, 2.75) is 0 Å². The number of furan rings is 1. The smallest absolute Gasteiger partial charge is 0.143 e. The van der Waals surface area contributed by atoms with Crippen LogP contribution in [0.2, 0.25) is 0 Å². The number of anilines is 3. The van der Waals surface area contributed by atoms with Crippen molar-refractivity contribution in [3.8, 4) is 33.4 Å². The van der Waals surface area contributed by atoms with Crippen molar-refractivity contribution >= 4 is 81.3 Å². The molecular formula is C52H33NOS. The molecule has 0 radical (unpaired) electrons. The second kappa shape index (κ2) is 12.9. The lowest BCUT2D eigenvalue weighted by Gasteiger charge is -2.26. The molecule has 0 atom stereocenters. The van der Waals surface area contributed by atoms with Crippen LogP contribution in [0.5, 0.6) is 0 Å². The van der Waals surface area contributed by atoms with Gasteiger partial charge in [0.05, 0.1) is 0 Å². The Labute approximate surface area is 322 Å². The van der Waals surface area contributed by atoms with E-state index in [0.717, 1.165) is 44.4 Å². The lowest BCUT2D eigenvalue weighted by Crippen LogP contribution is -2.10. The summed E-state index contributed by atoms with van der Waals surface area (Å²) in [4.78, 5) is 2.36. The molecule has 0 saturated carbocycles. The Morgan fingerprint density at radius 1 is 0.364 bits per heavy atom. The van der Waals surface area contributed by atoms with Gasteiger partial charge < -0.3 is 9.32 Å². The summed E-state index contributed by atoms with van der Waals surface area (Å²) in [6, 6.07) is 72.2. The van der Waals surface area contributed by atoms with Crippen molar-refractivity contribution < 1.29 is 4.42 Å². The average Bonchev–Trinajstić information content (AvgIpc) is 3.84. The van der Waals surface area contributed by atoms with E-state index in [1.165, 1.54) is 58.9 Å². The van der Waals surface area contributed by atoms with E-state index in [9.17, 15) is 0 Å². The molecule has 0 aliphatic rings. The molecule has 3 heteroatoms. The highest BCUT2D eigenvalue weighted by Gasteiger charge is 2.16. The third-order valence-corrected chi connectivity index (χ3v) is 12.1. The van der Waals surface area contributed by atoms with E-state index in [1.807, 2.05) is 23.5 Å². The Morgan fingerprint density at radius 2 is 0.982 bits per heavy atom. The first-order chi connectivity index (χ1) is 27.2. The number of thiophene rings is 1. The largest absolute Gasteiger partial charge is 0.455 e. The van der Waals surface area contributed by atoms with Gasteiger partial charge in [-0.3, -0.25) is 0 Å². The first-order valence-electron chi connectivity index (χ1n) is 18.7. The van der Waals surface area contributed by atoms with E-state index in [1.54, 1.807) is 0 Å². The van der Waals surface area contributed by atoms with Crippen molar-refractivity contribution in [1.29, 1.82) is 0 Å². The van der Waals surface area contributed by atoms with E-state index in [0.29, 0.717) is 0 Å². The Kier molecular flexibility index (Phi) is 7.39. The van der Waals surface area contributed by atoms with Crippen molar-refractivity contribution in [2.75, 3.05) is 4.90 Å². The van der Waals surface area contributed by atoms with Gasteiger partial charge in [0.2, 0.25) is 0 Å². The molecule has 2 aromatic heterocycles. The molecule has 9 aromatic carbocycles.